The van der Waals surface area contributed by atoms with Gasteiger partial charge in [-0.2, -0.15) is 0 Å². The minimum absolute atomic E-state index is 0.604. The number of rotatable bonds is 5. The SMILES string of the molecule is C/C=C(\c1ccccc1)c1ccc(OC)c(OC)c1OC. The molecule has 0 N–H and O–H groups in total. The summed E-state index contributed by atoms with van der Waals surface area (Å²) in [6, 6.07) is 14.1. The van der Waals surface area contributed by atoms with Crippen molar-refractivity contribution in [1.82, 2.24) is 0 Å². The molecule has 0 aliphatic rings. The summed E-state index contributed by atoms with van der Waals surface area (Å²) in [7, 11) is 4.87. The molecule has 0 unspecified atom stereocenters. The Morgan fingerprint density at radius 3 is 2.00 bits per heavy atom. The van der Waals surface area contributed by atoms with E-state index in [1.54, 1.807) is 21.3 Å². The van der Waals surface area contributed by atoms with E-state index in [1.807, 2.05) is 37.3 Å². The molecule has 2 rings (SSSR count). The zero-order valence-electron chi connectivity index (χ0n) is 12.8. The van der Waals surface area contributed by atoms with Crippen LogP contribution in [0.15, 0.2) is 48.5 Å². The van der Waals surface area contributed by atoms with Gasteiger partial charge in [0.25, 0.3) is 0 Å². The fraction of sp³-hybridized carbons (Fsp3) is 0.222. The fourth-order valence-electron chi connectivity index (χ4n) is 2.41. The normalized spacial score (nSPS) is 11.1. The predicted octanol–water partition coefficient (Wildman–Crippen LogP) is 4.16. The van der Waals surface area contributed by atoms with E-state index < -0.39 is 0 Å². The lowest BCUT2D eigenvalue weighted by Gasteiger charge is -2.17. The Hall–Kier alpha value is -2.42. The zero-order valence-corrected chi connectivity index (χ0v) is 12.8. The van der Waals surface area contributed by atoms with Gasteiger partial charge in [0.05, 0.1) is 21.3 Å². The Kier molecular flexibility index (Phi) is 4.88. The first-order chi connectivity index (χ1) is 10.3. The van der Waals surface area contributed by atoms with Crippen LogP contribution < -0.4 is 14.2 Å². The van der Waals surface area contributed by atoms with Crippen molar-refractivity contribution < 1.29 is 14.2 Å². The van der Waals surface area contributed by atoms with Crippen LogP contribution in [0, 0.1) is 0 Å². The first-order valence-electron chi connectivity index (χ1n) is 6.77. The maximum Gasteiger partial charge on any atom is 0.203 e. The zero-order chi connectivity index (χ0) is 15.2. The first kappa shape index (κ1) is 15.0. The molecule has 0 aliphatic heterocycles. The molecule has 0 heterocycles. The number of hydrogen-bond donors (Lipinski definition) is 0. The highest BCUT2D eigenvalue weighted by Gasteiger charge is 2.18. The summed E-state index contributed by atoms with van der Waals surface area (Å²) in [5.41, 5.74) is 3.20. The maximum atomic E-state index is 5.57. The van der Waals surface area contributed by atoms with Crippen LogP contribution in [0.4, 0.5) is 0 Å². The molecule has 2 aromatic carbocycles. The second kappa shape index (κ2) is 6.84. The largest absolute Gasteiger partial charge is 0.493 e. The molecule has 0 fully saturated rings. The molecule has 0 spiro atoms. The highest BCUT2D eigenvalue weighted by atomic mass is 16.5. The third-order valence-corrected chi connectivity index (χ3v) is 3.37. The van der Waals surface area contributed by atoms with Crippen molar-refractivity contribution in [2.75, 3.05) is 21.3 Å². The molecular formula is C18H20O3. The second-order valence-electron chi connectivity index (χ2n) is 4.45. The number of methoxy groups -OCH3 is 3. The molecule has 110 valence electrons. The minimum Gasteiger partial charge on any atom is -0.493 e. The van der Waals surface area contributed by atoms with Crippen molar-refractivity contribution >= 4 is 5.57 Å². The standard InChI is InChI=1S/C18H20O3/c1-5-14(13-9-7-6-8-10-13)15-11-12-16(19-2)18(21-4)17(15)20-3/h5-12H,1-4H3/b14-5+. The fourth-order valence-corrected chi connectivity index (χ4v) is 2.41. The van der Waals surface area contributed by atoms with Crippen LogP contribution in [0.25, 0.3) is 5.57 Å². The average molecular weight is 284 g/mol. The summed E-state index contributed by atoms with van der Waals surface area (Å²) in [4.78, 5) is 0. The van der Waals surface area contributed by atoms with Crippen molar-refractivity contribution in [3.63, 3.8) is 0 Å². The second-order valence-corrected chi connectivity index (χ2v) is 4.45. The van der Waals surface area contributed by atoms with Crippen molar-refractivity contribution in [2.45, 2.75) is 6.92 Å². The summed E-state index contributed by atoms with van der Waals surface area (Å²) in [5, 5.41) is 0. The number of ether oxygens (including phenoxy) is 3. The van der Waals surface area contributed by atoms with E-state index in [4.69, 9.17) is 14.2 Å². The molecular weight excluding hydrogens is 264 g/mol. The van der Waals surface area contributed by atoms with E-state index in [0.717, 1.165) is 16.7 Å². The Morgan fingerprint density at radius 2 is 1.48 bits per heavy atom. The van der Waals surface area contributed by atoms with E-state index in [2.05, 4.69) is 18.2 Å². The van der Waals surface area contributed by atoms with Gasteiger partial charge in [-0.15, -0.1) is 0 Å². The summed E-state index contributed by atoms with van der Waals surface area (Å²) in [5.74, 6) is 1.93. The molecule has 21 heavy (non-hydrogen) atoms. The number of allylic oxidation sites excluding steroid dienone is 1. The van der Waals surface area contributed by atoms with Gasteiger partial charge in [-0.25, -0.2) is 0 Å². The van der Waals surface area contributed by atoms with Crippen LogP contribution in [-0.4, -0.2) is 21.3 Å². The van der Waals surface area contributed by atoms with Gasteiger partial charge in [0.15, 0.2) is 11.5 Å². The van der Waals surface area contributed by atoms with Crippen LogP contribution in [0.3, 0.4) is 0 Å². The topological polar surface area (TPSA) is 27.7 Å². The van der Waals surface area contributed by atoms with E-state index in [-0.39, 0.29) is 0 Å². The van der Waals surface area contributed by atoms with Crippen LogP contribution in [0.5, 0.6) is 17.2 Å². The van der Waals surface area contributed by atoms with Crippen molar-refractivity contribution in [3.8, 4) is 17.2 Å². The lowest BCUT2D eigenvalue weighted by molar-refractivity contribution is 0.324. The van der Waals surface area contributed by atoms with E-state index >= 15 is 0 Å². The molecule has 0 aromatic heterocycles. The minimum atomic E-state index is 0.604. The molecule has 0 radical (unpaired) electrons. The summed E-state index contributed by atoms with van der Waals surface area (Å²) < 4.78 is 16.3. The first-order valence-corrected chi connectivity index (χ1v) is 6.77. The van der Waals surface area contributed by atoms with Crippen LogP contribution in [-0.2, 0) is 0 Å². The molecule has 3 heteroatoms. The maximum absolute atomic E-state index is 5.57. The van der Waals surface area contributed by atoms with Gasteiger partial charge in [0.2, 0.25) is 5.75 Å². The van der Waals surface area contributed by atoms with E-state index in [9.17, 15) is 0 Å². The van der Waals surface area contributed by atoms with Crippen molar-refractivity contribution in [2.24, 2.45) is 0 Å². The molecule has 0 amide bonds. The van der Waals surface area contributed by atoms with E-state index in [0.29, 0.717) is 17.2 Å². The van der Waals surface area contributed by atoms with Gasteiger partial charge in [-0.1, -0.05) is 36.4 Å². The Labute approximate surface area is 125 Å². The molecule has 3 nitrogen and oxygen atoms in total. The molecule has 0 atom stereocenters. The molecule has 0 aliphatic carbocycles. The van der Waals surface area contributed by atoms with Gasteiger partial charge < -0.3 is 14.2 Å². The molecule has 0 saturated carbocycles. The van der Waals surface area contributed by atoms with Gasteiger partial charge in [-0.3, -0.25) is 0 Å². The number of hydrogen-bond acceptors (Lipinski definition) is 3. The van der Waals surface area contributed by atoms with E-state index in [1.165, 1.54) is 0 Å². The summed E-state index contributed by atoms with van der Waals surface area (Å²) in [6.07, 6.45) is 2.07. The van der Waals surface area contributed by atoms with Gasteiger partial charge in [0, 0.05) is 5.56 Å². The Bertz CT molecular complexity index is 630. The van der Waals surface area contributed by atoms with Gasteiger partial charge >= 0.3 is 0 Å². The highest BCUT2D eigenvalue weighted by molar-refractivity contribution is 5.84. The lowest BCUT2D eigenvalue weighted by atomic mass is 9.96. The predicted molar refractivity (Wildman–Crippen MR) is 85.3 cm³/mol. The Morgan fingerprint density at radius 1 is 0.810 bits per heavy atom. The van der Waals surface area contributed by atoms with Crippen molar-refractivity contribution in [3.05, 3.63) is 59.7 Å². The molecule has 2 aromatic rings. The quantitative estimate of drug-likeness (QED) is 0.825. The van der Waals surface area contributed by atoms with Crippen LogP contribution in [0.1, 0.15) is 18.1 Å². The summed E-state index contributed by atoms with van der Waals surface area (Å²) >= 11 is 0. The monoisotopic (exact) mass is 284 g/mol. The third kappa shape index (κ3) is 2.87. The molecule has 0 bridgehead atoms. The van der Waals surface area contributed by atoms with Gasteiger partial charge in [-0.05, 0) is 30.2 Å². The lowest BCUT2D eigenvalue weighted by Crippen LogP contribution is -1.99. The molecule has 0 saturated heterocycles. The Balaban J connectivity index is 2.63. The third-order valence-electron chi connectivity index (χ3n) is 3.37. The van der Waals surface area contributed by atoms with Crippen LogP contribution in [0.2, 0.25) is 0 Å². The smallest absolute Gasteiger partial charge is 0.203 e. The summed E-state index contributed by atoms with van der Waals surface area (Å²) in [6.45, 7) is 2.01. The average Bonchev–Trinajstić information content (AvgIpc) is 2.55. The van der Waals surface area contributed by atoms with Gasteiger partial charge in [0.1, 0.15) is 0 Å². The van der Waals surface area contributed by atoms with Crippen LogP contribution >= 0.6 is 0 Å². The van der Waals surface area contributed by atoms with Crippen molar-refractivity contribution in [1.29, 1.82) is 0 Å². The highest BCUT2D eigenvalue weighted by Crippen LogP contribution is 2.43. The number of benzene rings is 2.